The van der Waals surface area contributed by atoms with Gasteiger partial charge in [0.15, 0.2) is 0 Å². The molecule has 0 aromatic heterocycles. The molecule has 0 aliphatic carbocycles. The van der Waals surface area contributed by atoms with E-state index < -0.39 is 29.4 Å². The van der Waals surface area contributed by atoms with E-state index in [0.717, 1.165) is 16.7 Å². The van der Waals surface area contributed by atoms with Crippen molar-refractivity contribution in [3.8, 4) is 5.75 Å². The SMILES string of the molecule is COCCOCCNC(=O)C(CC(CC(ON(C(c1ccccc1)C(C)C)C(C)(C)C)c1ccc(O)cc1)C(=O)O)CC(C)c1ccccc1. The minimum atomic E-state index is -0.990. The molecule has 0 spiro atoms. The van der Waals surface area contributed by atoms with E-state index >= 15 is 0 Å². The smallest absolute Gasteiger partial charge is 0.306 e. The third kappa shape index (κ3) is 12.8. The van der Waals surface area contributed by atoms with Crippen molar-refractivity contribution in [2.75, 3.05) is 33.5 Å². The zero-order valence-corrected chi connectivity index (χ0v) is 30.9. The molecular weight excluding hydrogens is 632 g/mol. The van der Waals surface area contributed by atoms with Crippen LogP contribution >= 0.6 is 0 Å². The minimum absolute atomic E-state index is 0.0255. The molecule has 0 radical (unpaired) electrons. The van der Waals surface area contributed by atoms with Crippen LogP contribution in [-0.4, -0.2) is 66.2 Å². The Morgan fingerprint density at radius 3 is 1.90 bits per heavy atom. The van der Waals surface area contributed by atoms with E-state index in [4.69, 9.17) is 14.3 Å². The predicted molar refractivity (Wildman–Crippen MR) is 197 cm³/mol. The Labute approximate surface area is 298 Å². The fourth-order valence-corrected chi connectivity index (χ4v) is 6.34. The van der Waals surface area contributed by atoms with Crippen LogP contribution in [0.5, 0.6) is 5.75 Å². The Bertz CT molecular complexity index is 1410. The predicted octanol–water partition coefficient (Wildman–Crippen LogP) is 7.93. The van der Waals surface area contributed by atoms with Gasteiger partial charge in [-0.05, 0) is 80.7 Å². The van der Waals surface area contributed by atoms with E-state index in [0.29, 0.717) is 32.8 Å². The second-order valence-electron chi connectivity index (χ2n) is 14.4. The number of carboxylic acid groups (broad SMARTS) is 1. The van der Waals surface area contributed by atoms with Crippen molar-refractivity contribution in [2.45, 2.75) is 84.4 Å². The molecule has 5 unspecified atom stereocenters. The molecule has 9 nitrogen and oxygen atoms in total. The second-order valence-corrected chi connectivity index (χ2v) is 14.4. The molecule has 9 heteroatoms. The summed E-state index contributed by atoms with van der Waals surface area (Å²) in [7, 11) is 1.60. The van der Waals surface area contributed by atoms with Gasteiger partial charge in [-0.3, -0.25) is 14.4 Å². The van der Waals surface area contributed by atoms with Crippen molar-refractivity contribution >= 4 is 11.9 Å². The Kier molecular flexibility index (Phi) is 16.4. The first-order valence-corrected chi connectivity index (χ1v) is 17.7. The van der Waals surface area contributed by atoms with Crippen molar-refractivity contribution in [1.29, 1.82) is 0 Å². The molecule has 0 heterocycles. The lowest BCUT2D eigenvalue weighted by Crippen LogP contribution is -2.46. The lowest BCUT2D eigenvalue weighted by atomic mass is 9.82. The maximum atomic E-state index is 13.7. The van der Waals surface area contributed by atoms with E-state index in [1.54, 1.807) is 31.4 Å². The highest BCUT2D eigenvalue weighted by atomic mass is 16.7. The number of phenolic OH excluding ortho intramolecular Hbond substituents is 1. The lowest BCUT2D eigenvalue weighted by molar-refractivity contribution is -0.279. The van der Waals surface area contributed by atoms with E-state index in [2.05, 4.69) is 59.0 Å². The molecule has 0 aliphatic rings. The normalized spacial score (nSPS) is 15.0. The molecule has 0 saturated heterocycles. The number of aliphatic carboxylic acids is 1. The number of rotatable bonds is 21. The first kappa shape index (κ1) is 40.7. The summed E-state index contributed by atoms with van der Waals surface area (Å²) in [5.74, 6) is -2.36. The Morgan fingerprint density at radius 1 is 0.760 bits per heavy atom. The standard InChI is InChI=1S/C41H58N2O7/c1-29(2)38(33-16-12-9-13-17-33)43(41(4,5)6)50-37(32-18-20-36(44)21-19-32)28-35(40(46)47)27-34(26-30(3)31-14-10-8-11-15-31)39(45)42-22-23-49-25-24-48-7/h8-21,29-30,34-35,37-38,44H,22-28H2,1-7H3,(H,42,45)(H,46,47). The van der Waals surface area contributed by atoms with Crippen molar-refractivity contribution in [1.82, 2.24) is 10.4 Å². The van der Waals surface area contributed by atoms with Crippen molar-refractivity contribution in [3.05, 3.63) is 102 Å². The first-order chi connectivity index (χ1) is 23.8. The van der Waals surface area contributed by atoms with Crippen LogP contribution in [0.25, 0.3) is 0 Å². The molecule has 3 aromatic rings. The number of nitrogens with one attached hydrogen (secondary N) is 1. The summed E-state index contributed by atoms with van der Waals surface area (Å²) >= 11 is 0. The van der Waals surface area contributed by atoms with Gasteiger partial charge in [0.25, 0.3) is 0 Å². The molecule has 274 valence electrons. The van der Waals surface area contributed by atoms with Gasteiger partial charge in [-0.15, -0.1) is 0 Å². The number of hydrogen-bond acceptors (Lipinski definition) is 7. The average Bonchev–Trinajstić information content (AvgIpc) is 3.08. The monoisotopic (exact) mass is 690 g/mol. The summed E-state index contributed by atoms with van der Waals surface area (Å²) in [4.78, 5) is 33.8. The Morgan fingerprint density at radius 2 is 1.36 bits per heavy atom. The number of hydrogen-bond donors (Lipinski definition) is 3. The second kappa shape index (κ2) is 20.2. The number of methoxy groups -OCH3 is 1. The number of aromatic hydroxyl groups is 1. The lowest BCUT2D eigenvalue weighted by Gasteiger charge is -2.44. The van der Waals surface area contributed by atoms with Crippen molar-refractivity contribution in [2.24, 2.45) is 17.8 Å². The zero-order chi connectivity index (χ0) is 36.7. The van der Waals surface area contributed by atoms with Gasteiger partial charge < -0.3 is 25.0 Å². The van der Waals surface area contributed by atoms with Crippen LogP contribution in [-0.2, 0) is 23.9 Å². The molecule has 3 aromatic carbocycles. The number of carbonyl (C=O) groups excluding carboxylic acids is 1. The van der Waals surface area contributed by atoms with E-state index in [9.17, 15) is 19.8 Å². The van der Waals surface area contributed by atoms with Crippen LogP contribution in [0, 0.1) is 17.8 Å². The average molecular weight is 691 g/mol. The van der Waals surface area contributed by atoms with Crippen LogP contribution < -0.4 is 5.32 Å². The van der Waals surface area contributed by atoms with Crippen molar-refractivity contribution in [3.63, 3.8) is 0 Å². The van der Waals surface area contributed by atoms with Gasteiger partial charge in [-0.25, -0.2) is 0 Å². The highest BCUT2D eigenvalue weighted by Crippen LogP contribution is 2.40. The molecule has 3 rings (SSSR count). The zero-order valence-electron chi connectivity index (χ0n) is 30.9. The summed E-state index contributed by atoms with van der Waals surface area (Å²) in [6.07, 6.45) is 0.0515. The molecule has 1 amide bonds. The summed E-state index contributed by atoms with van der Waals surface area (Å²) in [5, 5.41) is 25.8. The van der Waals surface area contributed by atoms with E-state index in [1.165, 1.54) is 0 Å². The number of phenols is 1. The number of carboxylic acids is 1. The van der Waals surface area contributed by atoms with Crippen LogP contribution in [0.3, 0.4) is 0 Å². The van der Waals surface area contributed by atoms with Gasteiger partial charge in [0, 0.05) is 25.1 Å². The highest BCUT2D eigenvalue weighted by Gasteiger charge is 2.38. The van der Waals surface area contributed by atoms with Crippen molar-refractivity contribution < 1.29 is 34.1 Å². The maximum absolute atomic E-state index is 13.7. The molecule has 0 bridgehead atoms. The molecular formula is C41H58N2O7. The number of ether oxygens (including phenoxy) is 2. The largest absolute Gasteiger partial charge is 0.508 e. The number of nitrogens with zero attached hydrogens (tertiary/aromatic N) is 1. The van der Waals surface area contributed by atoms with Crippen LogP contribution in [0.1, 0.15) is 95.6 Å². The maximum Gasteiger partial charge on any atom is 0.306 e. The molecule has 3 N–H and O–H groups in total. The third-order valence-electron chi connectivity index (χ3n) is 8.96. The summed E-state index contributed by atoms with van der Waals surface area (Å²) in [6, 6.07) is 26.7. The molecule has 0 fully saturated rings. The van der Waals surface area contributed by atoms with Gasteiger partial charge in [0.05, 0.1) is 31.8 Å². The third-order valence-corrected chi connectivity index (χ3v) is 8.96. The fraction of sp³-hybridized carbons (Fsp3) is 0.512. The molecule has 50 heavy (non-hydrogen) atoms. The molecule has 0 aliphatic heterocycles. The van der Waals surface area contributed by atoms with Gasteiger partial charge in [0.2, 0.25) is 5.91 Å². The Hall–Kier alpha value is -3.76. The van der Waals surface area contributed by atoms with E-state index in [-0.39, 0.29) is 42.4 Å². The van der Waals surface area contributed by atoms with Crippen LogP contribution in [0.2, 0.25) is 0 Å². The van der Waals surface area contributed by atoms with Gasteiger partial charge >= 0.3 is 5.97 Å². The van der Waals surface area contributed by atoms with Crippen LogP contribution in [0.4, 0.5) is 0 Å². The molecule has 5 atom stereocenters. The topological polar surface area (TPSA) is 118 Å². The summed E-state index contributed by atoms with van der Waals surface area (Å²) in [5.41, 5.74) is 2.46. The number of carbonyl (C=O) groups is 2. The Balaban J connectivity index is 1.95. The quantitative estimate of drug-likeness (QED) is 0.0762. The minimum Gasteiger partial charge on any atom is -0.508 e. The number of amides is 1. The van der Waals surface area contributed by atoms with Gasteiger partial charge in [0.1, 0.15) is 11.9 Å². The number of hydroxylamine groups is 2. The summed E-state index contributed by atoms with van der Waals surface area (Å²) in [6.45, 7) is 14.1. The summed E-state index contributed by atoms with van der Waals surface area (Å²) < 4.78 is 10.6. The fourth-order valence-electron chi connectivity index (χ4n) is 6.34. The first-order valence-electron chi connectivity index (χ1n) is 17.7. The highest BCUT2D eigenvalue weighted by molar-refractivity contribution is 5.80. The van der Waals surface area contributed by atoms with Crippen LogP contribution in [0.15, 0.2) is 84.9 Å². The number of benzene rings is 3. The molecule has 0 saturated carbocycles. The van der Waals surface area contributed by atoms with Gasteiger partial charge in [-0.2, -0.15) is 5.06 Å². The van der Waals surface area contributed by atoms with E-state index in [1.807, 2.05) is 53.6 Å². The van der Waals surface area contributed by atoms with Gasteiger partial charge in [-0.1, -0.05) is 93.6 Å².